The summed E-state index contributed by atoms with van der Waals surface area (Å²) in [5.74, 6) is 1.57. The Hall–Kier alpha value is -0.840. The van der Waals surface area contributed by atoms with Crippen molar-refractivity contribution >= 4 is 27.7 Å². The molecule has 0 bridgehead atoms. The molecule has 1 fully saturated rings. The second kappa shape index (κ2) is 5.87. The number of rotatable bonds is 6. The van der Waals surface area contributed by atoms with Gasteiger partial charge in [-0.15, -0.1) is 0 Å². The van der Waals surface area contributed by atoms with Crippen LogP contribution in [-0.2, 0) is 0 Å². The van der Waals surface area contributed by atoms with Crippen molar-refractivity contribution in [3.8, 4) is 0 Å². The van der Waals surface area contributed by atoms with Gasteiger partial charge in [0.05, 0.1) is 4.47 Å². The van der Waals surface area contributed by atoms with Crippen LogP contribution in [0.1, 0.15) is 39.5 Å². The number of hydrogen-bond donors (Lipinski definition) is 2. The van der Waals surface area contributed by atoms with Gasteiger partial charge >= 0.3 is 0 Å². The minimum Gasteiger partial charge on any atom is -0.368 e. The molecule has 1 saturated carbocycles. The summed E-state index contributed by atoms with van der Waals surface area (Å²) in [4.78, 5) is 8.70. The van der Waals surface area contributed by atoms with Crippen LogP contribution in [0.5, 0.6) is 0 Å². The zero-order valence-corrected chi connectivity index (χ0v) is 12.7. The average Bonchev–Trinajstić information content (AvgIpc) is 2.32. The highest BCUT2D eigenvalue weighted by Gasteiger charge is 2.34. The molecule has 0 aromatic carbocycles. The second-order valence-corrected chi connectivity index (χ2v) is 5.84. The Labute approximate surface area is 117 Å². The van der Waals surface area contributed by atoms with Gasteiger partial charge in [-0.2, -0.15) is 4.98 Å². The zero-order chi connectivity index (χ0) is 13.0. The Morgan fingerprint density at radius 2 is 2.11 bits per heavy atom. The molecular weight excluding hydrogens is 292 g/mol. The van der Waals surface area contributed by atoms with Gasteiger partial charge in [0, 0.05) is 19.3 Å². The molecule has 1 heterocycles. The molecule has 0 radical (unpaired) electrons. The summed E-state index contributed by atoms with van der Waals surface area (Å²) in [6.07, 6.45) is 7.07. The van der Waals surface area contributed by atoms with Crippen LogP contribution in [0.3, 0.4) is 0 Å². The van der Waals surface area contributed by atoms with Gasteiger partial charge in [-0.05, 0) is 47.5 Å². The Bertz CT molecular complexity index is 398. The third kappa shape index (κ3) is 2.94. The average molecular weight is 313 g/mol. The van der Waals surface area contributed by atoms with Crippen molar-refractivity contribution in [3.63, 3.8) is 0 Å². The van der Waals surface area contributed by atoms with E-state index in [9.17, 15) is 0 Å². The van der Waals surface area contributed by atoms with Crippen molar-refractivity contribution in [1.82, 2.24) is 9.97 Å². The number of anilines is 2. The van der Waals surface area contributed by atoms with Crippen molar-refractivity contribution in [2.75, 3.05) is 23.7 Å². The summed E-state index contributed by atoms with van der Waals surface area (Å²) in [6, 6.07) is 0. The minimum absolute atomic E-state index is 0.489. The van der Waals surface area contributed by atoms with E-state index in [-0.39, 0.29) is 0 Å². The summed E-state index contributed by atoms with van der Waals surface area (Å²) < 4.78 is 0.926. The SMILES string of the molecule is CCNc1ncc(Br)c(NCC2(CC)CCC2)n1. The first-order valence-electron chi connectivity index (χ1n) is 6.69. The van der Waals surface area contributed by atoms with Crippen LogP contribution in [0, 0.1) is 5.41 Å². The molecule has 1 aliphatic carbocycles. The predicted molar refractivity (Wildman–Crippen MR) is 79.0 cm³/mol. The van der Waals surface area contributed by atoms with Crippen LogP contribution >= 0.6 is 15.9 Å². The van der Waals surface area contributed by atoms with Gasteiger partial charge in [0.1, 0.15) is 5.82 Å². The Kier molecular flexibility index (Phi) is 4.43. The standard InChI is InChI=1S/C13H21BrN4/c1-3-13(6-5-7-13)9-17-11-10(14)8-16-12(18-11)15-4-2/h8H,3-7,9H2,1-2H3,(H2,15,16,17,18). The summed E-state index contributed by atoms with van der Waals surface area (Å²) in [5, 5.41) is 6.60. The first-order chi connectivity index (χ1) is 8.69. The number of nitrogens with zero attached hydrogens (tertiary/aromatic N) is 2. The number of nitrogens with one attached hydrogen (secondary N) is 2. The third-order valence-corrected chi connectivity index (χ3v) is 4.45. The van der Waals surface area contributed by atoms with Gasteiger partial charge < -0.3 is 10.6 Å². The van der Waals surface area contributed by atoms with Crippen molar-refractivity contribution < 1.29 is 0 Å². The monoisotopic (exact) mass is 312 g/mol. The fraction of sp³-hybridized carbons (Fsp3) is 0.692. The molecule has 0 amide bonds. The van der Waals surface area contributed by atoms with Gasteiger partial charge in [0.25, 0.3) is 0 Å². The largest absolute Gasteiger partial charge is 0.368 e. The van der Waals surface area contributed by atoms with Crippen molar-refractivity contribution in [1.29, 1.82) is 0 Å². The van der Waals surface area contributed by atoms with Crippen LogP contribution in [0.25, 0.3) is 0 Å². The lowest BCUT2D eigenvalue weighted by Crippen LogP contribution is -2.36. The Morgan fingerprint density at radius 3 is 2.67 bits per heavy atom. The quantitative estimate of drug-likeness (QED) is 0.841. The van der Waals surface area contributed by atoms with E-state index in [0.29, 0.717) is 11.4 Å². The van der Waals surface area contributed by atoms with Crippen molar-refractivity contribution in [2.45, 2.75) is 39.5 Å². The first kappa shape index (κ1) is 13.6. The van der Waals surface area contributed by atoms with E-state index in [0.717, 1.165) is 23.4 Å². The molecule has 1 aromatic heterocycles. The molecule has 1 aliphatic rings. The number of hydrogen-bond acceptors (Lipinski definition) is 4. The normalized spacial score (nSPS) is 17.1. The van der Waals surface area contributed by atoms with Crippen LogP contribution < -0.4 is 10.6 Å². The van der Waals surface area contributed by atoms with E-state index in [4.69, 9.17) is 0 Å². The van der Waals surface area contributed by atoms with Crippen LogP contribution in [0.2, 0.25) is 0 Å². The lowest BCUT2D eigenvalue weighted by atomic mass is 9.67. The van der Waals surface area contributed by atoms with Crippen molar-refractivity contribution in [3.05, 3.63) is 10.7 Å². The van der Waals surface area contributed by atoms with Crippen LogP contribution in [0.15, 0.2) is 10.7 Å². The highest BCUT2D eigenvalue weighted by Crippen LogP contribution is 2.43. The molecule has 2 N–H and O–H groups in total. The summed E-state index contributed by atoms with van der Waals surface area (Å²) in [5.41, 5.74) is 0.489. The molecule has 0 spiro atoms. The van der Waals surface area contributed by atoms with E-state index in [1.807, 2.05) is 6.92 Å². The molecule has 4 nitrogen and oxygen atoms in total. The Balaban J connectivity index is 2.01. The smallest absolute Gasteiger partial charge is 0.224 e. The van der Waals surface area contributed by atoms with Gasteiger partial charge in [0.2, 0.25) is 5.95 Å². The molecule has 0 unspecified atom stereocenters. The van der Waals surface area contributed by atoms with Gasteiger partial charge in [-0.3, -0.25) is 0 Å². The summed E-state index contributed by atoms with van der Waals surface area (Å²) in [6.45, 7) is 6.16. The molecular formula is C13H21BrN4. The molecule has 5 heteroatoms. The van der Waals surface area contributed by atoms with Gasteiger partial charge in [0.15, 0.2) is 0 Å². The van der Waals surface area contributed by atoms with Gasteiger partial charge in [-0.25, -0.2) is 4.98 Å². The molecule has 100 valence electrons. The third-order valence-electron chi connectivity index (χ3n) is 3.87. The molecule has 0 atom stereocenters. The van der Waals surface area contributed by atoms with Crippen molar-refractivity contribution in [2.24, 2.45) is 5.41 Å². The van der Waals surface area contributed by atoms with Crippen LogP contribution in [0.4, 0.5) is 11.8 Å². The Morgan fingerprint density at radius 1 is 1.33 bits per heavy atom. The fourth-order valence-electron chi connectivity index (χ4n) is 2.34. The number of halogens is 1. The van der Waals surface area contributed by atoms with Crippen LogP contribution in [-0.4, -0.2) is 23.1 Å². The highest BCUT2D eigenvalue weighted by molar-refractivity contribution is 9.10. The maximum absolute atomic E-state index is 4.48. The highest BCUT2D eigenvalue weighted by atomic mass is 79.9. The summed E-state index contributed by atoms with van der Waals surface area (Å²) >= 11 is 3.50. The first-order valence-corrected chi connectivity index (χ1v) is 7.49. The number of aromatic nitrogens is 2. The van der Waals surface area contributed by atoms with E-state index in [1.165, 1.54) is 25.7 Å². The maximum Gasteiger partial charge on any atom is 0.224 e. The summed E-state index contributed by atoms with van der Waals surface area (Å²) in [7, 11) is 0. The maximum atomic E-state index is 4.48. The lowest BCUT2D eigenvalue weighted by Gasteiger charge is -2.41. The van der Waals surface area contributed by atoms with Gasteiger partial charge in [-0.1, -0.05) is 13.3 Å². The fourth-order valence-corrected chi connectivity index (χ4v) is 2.67. The van der Waals surface area contributed by atoms with E-state index in [2.05, 4.69) is 43.5 Å². The zero-order valence-electron chi connectivity index (χ0n) is 11.1. The molecule has 0 saturated heterocycles. The van der Waals surface area contributed by atoms with E-state index in [1.54, 1.807) is 6.20 Å². The lowest BCUT2D eigenvalue weighted by molar-refractivity contribution is 0.145. The second-order valence-electron chi connectivity index (χ2n) is 4.98. The van der Waals surface area contributed by atoms with E-state index >= 15 is 0 Å². The molecule has 2 rings (SSSR count). The predicted octanol–water partition coefficient (Wildman–Crippen LogP) is 3.66. The molecule has 1 aromatic rings. The van der Waals surface area contributed by atoms with E-state index < -0.39 is 0 Å². The molecule has 18 heavy (non-hydrogen) atoms. The minimum atomic E-state index is 0.489. The topological polar surface area (TPSA) is 49.8 Å². The molecule has 0 aliphatic heterocycles.